The number of benzene rings is 2. The molecule has 0 radical (unpaired) electrons. The molecule has 32 heavy (non-hydrogen) atoms. The Bertz CT molecular complexity index is 1180. The van der Waals surface area contributed by atoms with Crippen LogP contribution in [0.4, 0.5) is 4.39 Å². The number of ether oxygens (including phenoxy) is 2. The van der Waals surface area contributed by atoms with Gasteiger partial charge in [0.05, 0.1) is 30.5 Å². The van der Waals surface area contributed by atoms with Gasteiger partial charge in [-0.3, -0.25) is 4.79 Å². The van der Waals surface area contributed by atoms with Crippen LogP contribution in [0.25, 0.3) is 0 Å². The predicted molar refractivity (Wildman–Crippen MR) is 121 cm³/mol. The highest BCUT2D eigenvalue weighted by atomic mass is 35.5. The minimum absolute atomic E-state index is 0.0310. The first-order valence-electron chi connectivity index (χ1n) is 9.81. The van der Waals surface area contributed by atoms with E-state index in [0.29, 0.717) is 33.5 Å². The van der Waals surface area contributed by atoms with Crippen LogP contribution < -0.4 is 9.47 Å². The van der Waals surface area contributed by atoms with E-state index in [1.54, 1.807) is 37.3 Å². The van der Waals surface area contributed by atoms with Crippen molar-refractivity contribution in [2.45, 2.75) is 17.6 Å². The maximum Gasteiger partial charge on any atom is 0.257 e. The summed E-state index contributed by atoms with van der Waals surface area (Å²) in [5, 5.41) is 0.553. The Morgan fingerprint density at radius 3 is 2.78 bits per heavy atom. The van der Waals surface area contributed by atoms with E-state index in [1.165, 1.54) is 24.0 Å². The number of methoxy groups -OCH3 is 2. The minimum Gasteiger partial charge on any atom is -0.497 e. The molecule has 0 bridgehead atoms. The second-order valence-corrected chi connectivity index (χ2v) is 8.40. The van der Waals surface area contributed by atoms with Gasteiger partial charge in [0.2, 0.25) is 0 Å². The number of thioether (sulfide) groups is 1. The zero-order chi connectivity index (χ0) is 22.8. The van der Waals surface area contributed by atoms with Crippen LogP contribution in [0.3, 0.4) is 0 Å². The van der Waals surface area contributed by atoms with Crippen LogP contribution in [0.5, 0.6) is 11.5 Å². The molecule has 1 aliphatic heterocycles. The van der Waals surface area contributed by atoms with Gasteiger partial charge < -0.3 is 14.4 Å². The predicted octanol–water partition coefficient (Wildman–Crippen LogP) is 4.80. The number of hydrogen-bond acceptors (Lipinski definition) is 6. The summed E-state index contributed by atoms with van der Waals surface area (Å²) in [6.07, 6.45) is 3.37. The lowest BCUT2D eigenvalue weighted by molar-refractivity contribution is 0.0710. The van der Waals surface area contributed by atoms with E-state index in [4.69, 9.17) is 21.1 Å². The van der Waals surface area contributed by atoms with Crippen molar-refractivity contribution in [1.29, 1.82) is 0 Å². The number of nitrogens with zero attached hydrogens (tertiary/aromatic N) is 3. The lowest BCUT2D eigenvalue weighted by Crippen LogP contribution is -2.40. The van der Waals surface area contributed by atoms with E-state index in [-0.39, 0.29) is 24.0 Å². The zero-order valence-electron chi connectivity index (χ0n) is 17.8. The fourth-order valence-corrected chi connectivity index (χ4v) is 4.36. The van der Waals surface area contributed by atoms with Crippen molar-refractivity contribution in [2.24, 2.45) is 0 Å². The standard InChI is InChI=1S/C23H21ClFN3O3S/c1-30-14-8-7-13(19(9-14)31-2)11-28-12-17(15-5-4-6-18(24)20(15)25)21-16(22(28)29)10-26-23(27-21)32-3/h4-10,17H,11-12H2,1-3H3. The summed E-state index contributed by atoms with van der Waals surface area (Å²) in [5.41, 5.74) is 2.06. The lowest BCUT2D eigenvalue weighted by atomic mass is 9.88. The van der Waals surface area contributed by atoms with Gasteiger partial charge in [0.1, 0.15) is 17.3 Å². The first kappa shape index (κ1) is 22.4. The van der Waals surface area contributed by atoms with Crippen LogP contribution in [-0.2, 0) is 6.54 Å². The molecule has 6 nitrogen and oxygen atoms in total. The molecule has 166 valence electrons. The Morgan fingerprint density at radius 1 is 1.25 bits per heavy atom. The number of fused-ring (bicyclic) bond motifs is 1. The first-order valence-corrected chi connectivity index (χ1v) is 11.4. The van der Waals surface area contributed by atoms with Crippen LogP contribution in [0.2, 0.25) is 5.02 Å². The van der Waals surface area contributed by atoms with Gasteiger partial charge in [-0.15, -0.1) is 0 Å². The van der Waals surface area contributed by atoms with Crippen molar-refractivity contribution in [2.75, 3.05) is 27.0 Å². The SMILES string of the molecule is COc1ccc(CN2CC(c3cccc(Cl)c3F)c3nc(SC)ncc3C2=O)c(OC)c1. The van der Waals surface area contributed by atoms with E-state index < -0.39 is 11.7 Å². The normalized spacial score (nSPS) is 15.5. The number of carbonyl (C=O) groups excluding carboxylic acids is 1. The largest absolute Gasteiger partial charge is 0.497 e. The summed E-state index contributed by atoms with van der Waals surface area (Å²) in [4.78, 5) is 23.8. The second-order valence-electron chi connectivity index (χ2n) is 7.21. The summed E-state index contributed by atoms with van der Waals surface area (Å²) in [6.45, 7) is 0.511. The minimum atomic E-state index is -0.509. The number of rotatable bonds is 6. The molecule has 0 fully saturated rings. The number of carbonyl (C=O) groups is 1. The molecular formula is C23H21ClFN3O3S. The highest BCUT2D eigenvalue weighted by molar-refractivity contribution is 7.98. The van der Waals surface area contributed by atoms with Gasteiger partial charge in [0.15, 0.2) is 5.16 Å². The Balaban J connectivity index is 1.78. The maximum absolute atomic E-state index is 15.0. The second kappa shape index (κ2) is 9.34. The Kier molecular flexibility index (Phi) is 6.53. The molecule has 3 aromatic rings. The fraction of sp³-hybridized carbons (Fsp3) is 0.261. The molecule has 1 atom stereocenters. The highest BCUT2D eigenvalue weighted by Gasteiger charge is 2.36. The van der Waals surface area contributed by atoms with Crippen molar-refractivity contribution in [3.8, 4) is 11.5 Å². The zero-order valence-corrected chi connectivity index (χ0v) is 19.3. The van der Waals surface area contributed by atoms with Crippen LogP contribution in [0.15, 0.2) is 47.8 Å². The van der Waals surface area contributed by atoms with Crippen LogP contribution >= 0.6 is 23.4 Å². The van der Waals surface area contributed by atoms with Gasteiger partial charge in [0, 0.05) is 42.4 Å². The molecule has 0 aliphatic carbocycles. The van der Waals surface area contributed by atoms with Crippen LogP contribution in [-0.4, -0.2) is 47.8 Å². The Labute approximate surface area is 194 Å². The monoisotopic (exact) mass is 473 g/mol. The molecule has 0 N–H and O–H groups in total. The van der Waals surface area contributed by atoms with Gasteiger partial charge in [0.25, 0.3) is 5.91 Å². The number of aromatic nitrogens is 2. The number of amides is 1. The molecule has 2 heterocycles. The van der Waals surface area contributed by atoms with Crippen LogP contribution in [0, 0.1) is 5.82 Å². The Hall–Kier alpha value is -2.84. The van der Waals surface area contributed by atoms with Gasteiger partial charge in [-0.2, -0.15) is 0 Å². The fourth-order valence-electron chi connectivity index (χ4n) is 3.83. The summed E-state index contributed by atoms with van der Waals surface area (Å²) >= 11 is 7.42. The summed E-state index contributed by atoms with van der Waals surface area (Å²) in [6, 6.07) is 10.3. The summed E-state index contributed by atoms with van der Waals surface area (Å²) < 4.78 is 25.7. The first-order chi connectivity index (χ1) is 15.5. The topological polar surface area (TPSA) is 64.5 Å². The summed E-state index contributed by atoms with van der Waals surface area (Å²) in [5.74, 6) is 0.0368. The lowest BCUT2D eigenvalue weighted by Gasteiger charge is -2.34. The molecule has 0 saturated carbocycles. The van der Waals surface area contributed by atoms with Crippen molar-refractivity contribution in [1.82, 2.24) is 14.9 Å². The average Bonchev–Trinajstić information content (AvgIpc) is 2.82. The van der Waals surface area contributed by atoms with Gasteiger partial charge in [-0.25, -0.2) is 14.4 Å². The van der Waals surface area contributed by atoms with E-state index in [1.807, 2.05) is 18.4 Å². The van der Waals surface area contributed by atoms with Crippen molar-refractivity contribution in [3.05, 3.63) is 75.8 Å². The molecule has 9 heteroatoms. The van der Waals surface area contributed by atoms with E-state index in [0.717, 1.165) is 5.56 Å². The molecule has 1 aliphatic rings. The molecular weight excluding hydrogens is 453 g/mol. The van der Waals surface area contributed by atoms with E-state index >= 15 is 0 Å². The third kappa shape index (κ3) is 4.12. The third-order valence-electron chi connectivity index (χ3n) is 5.44. The molecule has 2 aromatic carbocycles. The highest BCUT2D eigenvalue weighted by Crippen LogP contribution is 2.37. The van der Waals surface area contributed by atoms with Gasteiger partial charge >= 0.3 is 0 Å². The van der Waals surface area contributed by atoms with E-state index in [2.05, 4.69) is 9.97 Å². The molecule has 1 unspecified atom stereocenters. The molecule has 0 spiro atoms. The van der Waals surface area contributed by atoms with Crippen molar-refractivity contribution >= 4 is 29.3 Å². The molecule has 1 aromatic heterocycles. The van der Waals surface area contributed by atoms with Crippen molar-refractivity contribution in [3.63, 3.8) is 0 Å². The summed E-state index contributed by atoms with van der Waals surface area (Å²) in [7, 11) is 3.14. The van der Waals surface area contributed by atoms with Crippen LogP contribution in [0.1, 0.15) is 33.1 Å². The van der Waals surface area contributed by atoms with Crippen molar-refractivity contribution < 1.29 is 18.7 Å². The third-order valence-corrected chi connectivity index (χ3v) is 6.30. The van der Waals surface area contributed by atoms with Gasteiger partial charge in [-0.05, 0) is 24.5 Å². The Morgan fingerprint density at radius 2 is 2.06 bits per heavy atom. The maximum atomic E-state index is 15.0. The quantitative estimate of drug-likeness (QED) is 0.378. The van der Waals surface area contributed by atoms with Gasteiger partial charge in [-0.1, -0.05) is 35.5 Å². The molecule has 0 saturated heterocycles. The average molecular weight is 474 g/mol. The van der Waals surface area contributed by atoms with E-state index in [9.17, 15) is 9.18 Å². The molecule has 1 amide bonds. The molecule has 4 rings (SSSR count). The number of halogens is 2. The number of hydrogen-bond donors (Lipinski definition) is 0. The smallest absolute Gasteiger partial charge is 0.257 e.